The van der Waals surface area contributed by atoms with Gasteiger partial charge in [0.05, 0.1) is 17.4 Å². The smallest absolute Gasteiger partial charge is 0.349 e. The third-order valence-corrected chi connectivity index (χ3v) is 10.5. The summed E-state index contributed by atoms with van der Waals surface area (Å²) in [5.74, 6) is 3.51. The predicted molar refractivity (Wildman–Crippen MR) is 103 cm³/mol. The number of amides is 1. The number of thiazole rings is 1. The third-order valence-electron chi connectivity index (χ3n) is 5.61. The maximum absolute atomic E-state index is 12.8. The molecule has 1 aromatic heterocycles. The number of hydrogen-bond acceptors (Lipinski definition) is 7. The van der Waals surface area contributed by atoms with Gasteiger partial charge in [0.1, 0.15) is 4.88 Å². The molecule has 4 rings (SSSR count). The molecule has 2 atom stereocenters. The first-order chi connectivity index (χ1) is 12.1. The minimum atomic E-state index is -0.414. The number of methoxy groups -OCH3 is 1. The zero-order valence-electron chi connectivity index (χ0n) is 14.2. The number of thioether (sulfide) groups is 2. The van der Waals surface area contributed by atoms with Crippen LogP contribution in [0.25, 0.3) is 0 Å². The maximum atomic E-state index is 12.8. The number of hydrogen-bond donors (Lipinski definition) is 1. The van der Waals surface area contributed by atoms with Crippen molar-refractivity contribution in [2.75, 3.05) is 23.9 Å². The molecule has 0 radical (unpaired) electrons. The number of nitrogens with one attached hydrogen (secondary N) is 1. The van der Waals surface area contributed by atoms with Crippen LogP contribution in [0.5, 0.6) is 0 Å². The SMILES string of the molecule is COC(=O)c1cnc(NC(=O)C2CC3CCCC(C2)C32SCCS2)s1. The van der Waals surface area contributed by atoms with Gasteiger partial charge < -0.3 is 10.1 Å². The quantitative estimate of drug-likeness (QED) is 0.780. The minimum Gasteiger partial charge on any atom is -0.465 e. The Bertz CT molecular complexity index is 656. The van der Waals surface area contributed by atoms with E-state index in [1.54, 1.807) is 0 Å². The molecule has 25 heavy (non-hydrogen) atoms. The molecule has 1 aliphatic heterocycles. The van der Waals surface area contributed by atoms with E-state index in [4.69, 9.17) is 0 Å². The van der Waals surface area contributed by atoms with Crippen molar-refractivity contribution in [1.29, 1.82) is 0 Å². The fourth-order valence-electron chi connectivity index (χ4n) is 4.56. The lowest BCUT2D eigenvalue weighted by atomic mass is 9.67. The van der Waals surface area contributed by atoms with Crippen LogP contribution in [-0.4, -0.2) is 39.6 Å². The summed E-state index contributed by atoms with van der Waals surface area (Å²) in [6.07, 6.45) is 7.24. The average molecular weight is 399 g/mol. The topological polar surface area (TPSA) is 68.3 Å². The van der Waals surface area contributed by atoms with E-state index in [1.165, 1.54) is 55.4 Å². The zero-order valence-corrected chi connectivity index (χ0v) is 16.6. The van der Waals surface area contributed by atoms with Crippen molar-refractivity contribution in [3.05, 3.63) is 11.1 Å². The molecule has 136 valence electrons. The van der Waals surface area contributed by atoms with E-state index in [0.717, 1.165) is 12.8 Å². The molecule has 2 unspecified atom stereocenters. The Hall–Kier alpha value is -0.730. The summed E-state index contributed by atoms with van der Waals surface area (Å²) in [6, 6.07) is 0. The molecule has 5 nitrogen and oxygen atoms in total. The van der Waals surface area contributed by atoms with Crippen molar-refractivity contribution in [3.8, 4) is 0 Å². The molecule has 1 amide bonds. The highest BCUT2D eigenvalue weighted by Gasteiger charge is 2.55. The second kappa shape index (κ2) is 7.12. The maximum Gasteiger partial charge on any atom is 0.349 e. The summed E-state index contributed by atoms with van der Waals surface area (Å²) >= 11 is 5.48. The molecule has 3 fully saturated rings. The second-order valence-electron chi connectivity index (χ2n) is 6.92. The van der Waals surface area contributed by atoms with Gasteiger partial charge >= 0.3 is 5.97 Å². The van der Waals surface area contributed by atoms with Crippen LogP contribution < -0.4 is 5.32 Å². The highest BCUT2D eigenvalue weighted by Crippen LogP contribution is 2.64. The molecule has 1 aromatic rings. The molecule has 1 N–H and O–H groups in total. The Morgan fingerprint density at radius 3 is 2.56 bits per heavy atom. The number of anilines is 1. The highest BCUT2D eigenvalue weighted by atomic mass is 32.2. The first-order valence-electron chi connectivity index (χ1n) is 8.75. The summed E-state index contributed by atoms with van der Waals surface area (Å²) in [6.45, 7) is 0. The monoisotopic (exact) mass is 398 g/mol. The van der Waals surface area contributed by atoms with Gasteiger partial charge in [-0.1, -0.05) is 17.8 Å². The van der Waals surface area contributed by atoms with Gasteiger partial charge in [0.15, 0.2) is 5.13 Å². The van der Waals surface area contributed by atoms with Crippen molar-refractivity contribution >= 4 is 51.9 Å². The molecular weight excluding hydrogens is 376 g/mol. The van der Waals surface area contributed by atoms with Crippen LogP contribution in [-0.2, 0) is 9.53 Å². The lowest BCUT2D eigenvalue weighted by Crippen LogP contribution is -2.48. The van der Waals surface area contributed by atoms with Crippen LogP contribution in [0.1, 0.15) is 41.8 Å². The molecule has 2 heterocycles. The van der Waals surface area contributed by atoms with Crippen LogP contribution in [0.15, 0.2) is 6.20 Å². The largest absolute Gasteiger partial charge is 0.465 e. The molecule has 0 aromatic carbocycles. The summed E-state index contributed by atoms with van der Waals surface area (Å²) < 4.78 is 5.07. The van der Waals surface area contributed by atoms with Crippen LogP contribution in [0.4, 0.5) is 5.13 Å². The molecule has 3 aliphatic rings. The summed E-state index contributed by atoms with van der Waals surface area (Å²) in [4.78, 5) is 28.9. The average Bonchev–Trinajstić information content (AvgIpc) is 3.24. The van der Waals surface area contributed by atoms with E-state index < -0.39 is 5.97 Å². The number of ether oxygens (including phenoxy) is 1. The third kappa shape index (κ3) is 3.21. The fourth-order valence-corrected chi connectivity index (χ4v) is 9.23. The lowest BCUT2D eigenvalue weighted by Gasteiger charge is -2.51. The first kappa shape index (κ1) is 17.7. The Morgan fingerprint density at radius 2 is 1.92 bits per heavy atom. The van der Waals surface area contributed by atoms with Gasteiger partial charge in [-0.2, -0.15) is 0 Å². The number of rotatable bonds is 3. The van der Waals surface area contributed by atoms with E-state index in [-0.39, 0.29) is 11.8 Å². The summed E-state index contributed by atoms with van der Waals surface area (Å²) in [7, 11) is 1.34. The lowest BCUT2D eigenvalue weighted by molar-refractivity contribution is -0.122. The summed E-state index contributed by atoms with van der Waals surface area (Å²) in [5, 5.41) is 3.41. The molecule has 8 heteroatoms. The van der Waals surface area contributed by atoms with Gasteiger partial charge in [-0.15, -0.1) is 23.5 Å². The van der Waals surface area contributed by atoms with Crippen molar-refractivity contribution < 1.29 is 14.3 Å². The Morgan fingerprint density at radius 1 is 1.24 bits per heavy atom. The number of carbonyl (C=O) groups is 2. The van der Waals surface area contributed by atoms with Crippen molar-refractivity contribution in [1.82, 2.24) is 4.98 Å². The van der Waals surface area contributed by atoms with Gasteiger partial charge in [0.25, 0.3) is 0 Å². The zero-order chi connectivity index (χ0) is 17.4. The van der Waals surface area contributed by atoms with Crippen LogP contribution >= 0.6 is 34.9 Å². The van der Waals surface area contributed by atoms with Crippen LogP contribution in [0.2, 0.25) is 0 Å². The molecule has 2 bridgehead atoms. The number of carbonyl (C=O) groups excluding carboxylic acids is 2. The molecule has 1 saturated heterocycles. The minimum absolute atomic E-state index is 0.0607. The van der Waals surface area contributed by atoms with E-state index in [1.807, 2.05) is 0 Å². The Labute approximate surface area is 160 Å². The van der Waals surface area contributed by atoms with Gasteiger partial charge in [-0.25, -0.2) is 9.78 Å². The molecule has 2 saturated carbocycles. The number of esters is 1. The molecular formula is C17H22N2O3S3. The van der Waals surface area contributed by atoms with Crippen LogP contribution in [0, 0.1) is 17.8 Å². The van der Waals surface area contributed by atoms with E-state index in [0.29, 0.717) is 25.9 Å². The van der Waals surface area contributed by atoms with Crippen molar-refractivity contribution in [3.63, 3.8) is 0 Å². The van der Waals surface area contributed by atoms with E-state index in [9.17, 15) is 9.59 Å². The number of aromatic nitrogens is 1. The van der Waals surface area contributed by atoms with Gasteiger partial charge in [0.2, 0.25) is 5.91 Å². The fraction of sp³-hybridized carbons (Fsp3) is 0.706. The normalized spacial score (nSPS) is 30.2. The molecule has 1 spiro atoms. The van der Waals surface area contributed by atoms with Gasteiger partial charge in [-0.3, -0.25) is 4.79 Å². The standard InChI is InChI=1S/C17H22N2O3S3/c1-22-15(21)13-9-18-16(25-13)19-14(20)10-7-11-3-2-4-12(8-10)17(11)23-5-6-24-17/h9-12H,2-8H2,1H3,(H,18,19,20). The van der Waals surface area contributed by atoms with Crippen molar-refractivity contribution in [2.45, 2.75) is 36.2 Å². The Kier molecular flexibility index (Phi) is 5.03. The van der Waals surface area contributed by atoms with Gasteiger partial charge in [-0.05, 0) is 37.5 Å². The van der Waals surface area contributed by atoms with Crippen LogP contribution in [0.3, 0.4) is 0 Å². The first-order valence-corrected chi connectivity index (χ1v) is 11.5. The van der Waals surface area contributed by atoms with E-state index in [2.05, 4.69) is 38.6 Å². The second-order valence-corrected chi connectivity index (χ2v) is 11.0. The number of nitrogens with zero attached hydrogens (tertiary/aromatic N) is 1. The molecule has 2 aliphatic carbocycles. The van der Waals surface area contributed by atoms with Gasteiger partial charge in [0, 0.05) is 17.4 Å². The summed E-state index contributed by atoms with van der Waals surface area (Å²) in [5.41, 5.74) is 0. The van der Waals surface area contributed by atoms with Crippen molar-refractivity contribution in [2.24, 2.45) is 17.8 Å². The van der Waals surface area contributed by atoms with E-state index >= 15 is 0 Å². The predicted octanol–water partition coefficient (Wildman–Crippen LogP) is 3.87. The Balaban J connectivity index is 1.43. The highest BCUT2D eigenvalue weighted by molar-refractivity contribution is 8.21.